The molecule has 0 saturated heterocycles. The molecular formula is C15H25NSi. The predicted molar refractivity (Wildman–Crippen MR) is 78.7 cm³/mol. The summed E-state index contributed by atoms with van der Waals surface area (Å²) in [5.41, 5.74) is 7.00. The van der Waals surface area contributed by atoms with Gasteiger partial charge in [0.2, 0.25) is 0 Å². The molecule has 0 aromatic rings. The summed E-state index contributed by atoms with van der Waals surface area (Å²) >= 11 is 0. The molecule has 0 aromatic carbocycles. The molecule has 94 valence electrons. The maximum absolute atomic E-state index is 3.92. The lowest BCUT2D eigenvalue weighted by Crippen LogP contribution is -2.56. The zero-order chi connectivity index (χ0) is 12.8. The van der Waals surface area contributed by atoms with Crippen molar-refractivity contribution in [3.63, 3.8) is 0 Å². The second-order valence-corrected chi connectivity index (χ2v) is 10.1. The van der Waals surface area contributed by atoms with E-state index in [-0.39, 0.29) is 0 Å². The van der Waals surface area contributed by atoms with Gasteiger partial charge in [-0.25, -0.2) is 0 Å². The topological polar surface area (TPSA) is 12.0 Å². The van der Waals surface area contributed by atoms with Crippen LogP contribution in [0, 0.1) is 0 Å². The van der Waals surface area contributed by atoms with Gasteiger partial charge in [0.05, 0.1) is 0 Å². The first-order chi connectivity index (χ1) is 7.87. The first-order valence-corrected chi connectivity index (χ1v) is 9.44. The third kappa shape index (κ3) is 1.98. The van der Waals surface area contributed by atoms with Gasteiger partial charge in [-0.1, -0.05) is 29.8 Å². The summed E-state index contributed by atoms with van der Waals surface area (Å²) in [6.45, 7) is 14.0. The van der Waals surface area contributed by atoms with E-state index in [0.29, 0.717) is 11.6 Å². The summed E-state index contributed by atoms with van der Waals surface area (Å²) < 4.78 is 0. The van der Waals surface area contributed by atoms with E-state index in [9.17, 15) is 0 Å². The summed E-state index contributed by atoms with van der Waals surface area (Å²) in [4.78, 5) is 3.92. The second kappa shape index (κ2) is 4.25. The normalized spacial score (nSPS) is 35.1. The van der Waals surface area contributed by atoms with Crippen molar-refractivity contribution < 1.29 is 0 Å². The summed E-state index contributed by atoms with van der Waals surface area (Å²) in [5, 5.41) is 0. The van der Waals surface area contributed by atoms with Crippen LogP contribution < -0.4 is 4.98 Å². The van der Waals surface area contributed by atoms with Crippen molar-refractivity contribution in [3.05, 3.63) is 34.4 Å². The Morgan fingerprint density at radius 3 is 2.12 bits per heavy atom. The van der Waals surface area contributed by atoms with Gasteiger partial charge >= 0.3 is 0 Å². The zero-order valence-electron chi connectivity index (χ0n) is 12.0. The number of rotatable bonds is 1. The minimum Gasteiger partial charge on any atom is -0.331 e. The van der Waals surface area contributed by atoms with Crippen molar-refractivity contribution in [2.45, 2.75) is 58.8 Å². The van der Waals surface area contributed by atoms with Crippen LogP contribution in [-0.4, -0.2) is 14.3 Å². The molecule has 0 fully saturated rings. The van der Waals surface area contributed by atoms with Crippen molar-refractivity contribution in [1.82, 2.24) is 4.98 Å². The fourth-order valence-corrected chi connectivity index (χ4v) is 8.28. The molecule has 0 spiro atoms. The molecule has 1 N–H and O–H groups in total. The van der Waals surface area contributed by atoms with Gasteiger partial charge in [-0.3, -0.25) is 0 Å². The Morgan fingerprint density at radius 1 is 1.12 bits per heavy atom. The van der Waals surface area contributed by atoms with E-state index in [0.717, 1.165) is 0 Å². The van der Waals surface area contributed by atoms with Crippen LogP contribution in [0.3, 0.4) is 0 Å². The second-order valence-electron chi connectivity index (χ2n) is 6.03. The molecular weight excluding hydrogens is 222 g/mol. The minimum atomic E-state index is -1.43. The van der Waals surface area contributed by atoms with Crippen LogP contribution in [0.1, 0.15) is 34.6 Å². The van der Waals surface area contributed by atoms with Crippen LogP contribution in [0.15, 0.2) is 34.4 Å². The summed E-state index contributed by atoms with van der Waals surface area (Å²) in [7, 11) is -1.43. The van der Waals surface area contributed by atoms with Crippen LogP contribution in [0.2, 0.25) is 18.1 Å². The first kappa shape index (κ1) is 12.8. The molecule has 2 heteroatoms. The van der Waals surface area contributed by atoms with Crippen molar-refractivity contribution in [2.75, 3.05) is 0 Å². The fourth-order valence-electron chi connectivity index (χ4n) is 3.65. The summed E-state index contributed by atoms with van der Waals surface area (Å²) in [6.07, 6.45) is 4.71. The number of hydrogen-bond acceptors (Lipinski definition) is 1. The zero-order valence-corrected chi connectivity index (χ0v) is 13.0. The molecule has 1 aliphatic heterocycles. The summed E-state index contributed by atoms with van der Waals surface area (Å²) in [6, 6.07) is 1.80. The van der Waals surface area contributed by atoms with E-state index in [1.165, 1.54) is 17.2 Å². The third-order valence-corrected chi connectivity index (χ3v) is 9.11. The maximum atomic E-state index is 3.92. The molecule has 0 saturated carbocycles. The van der Waals surface area contributed by atoms with Gasteiger partial charge in [-0.05, 0) is 51.8 Å². The number of hydrogen-bond donors (Lipinski definition) is 1. The largest absolute Gasteiger partial charge is 0.331 e. The van der Waals surface area contributed by atoms with Gasteiger partial charge in [0.1, 0.15) is 8.24 Å². The van der Waals surface area contributed by atoms with E-state index < -0.39 is 8.24 Å². The van der Waals surface area contributed by atoms with E-state index in [1.807, 2.05) is 0 Å². The maximum Gasteiger partial charge on any atom is 0.138 e. The average Bonchev–Trinajstić information content (AvgIpc) is 2.43. The molecule has 1 aliphatic carbocycles. The minimum absolute atomic E-state index is 0.544. The molecule has 2 aliphatic rings. The van der Waals surface area contributed by atoms with Crippen LogP contribution in [0.25, 0.3) is 0 Å². The van der Waals surface area contributed by atoms with Gasteiger partial charge in [0.15, 0.2) is 0 Å². The van der Waals surface area contributed by atoms with Gasteiger partial charge < -0.3 is 4.98 Å². The third-order valence-electron chi connectivity index (χ3n) is 4.77. The highest BCUT2D eigenvalue weighted by Crippen LogP contribution is 2.47. The first-order valence-electron chi connectivity index (χ1n) is 6.66. The highest BCUT2D eigenvalue weighted by molar-refractivity contribution is 6.79. The van der Waals surface area contributed by atoms with Crippen LogP contribution in [0.5, 0.6) is 0 Å². The highest BCUT2D eigenvalue weighted by atomic mass is 28.3. The lowest BCUT2D eigenvalue weighted by Gasteiger charge is -2.40. The SMILES string of the molecule is CC1=C(C)C([Si]2(C)CC=CC(C)N2)C(C)=C1C. The molecule has 0 amide bonds. The van der Waals surface area contributed by atoms with E-state index >= 15 is 0 Å². The van der Waals surface area contributed by atoms with Gasteiger partial charge in [-0.2, -0.15) is 0 Å². The Labute approximate surface area is 107 Å². The van der Waals surface area contributed by atoms with Crippen molar-refractivity contribution in [3.8, 4) is 0 Å². The predicted octanol–water partition coefficient (Wildman–Crippen LogP) is 4.17. The van der Waals surface area contributed by atoms with Crippen LogP contribution in [0.4, 0.5) is 0 Å². The molecule has 0 aromatic heterocycles. The van der Waals surface area contributed by atoms with Crippen molar-refractivity contribution in [2.24, 2.45) is 0 Å². The van der Waals surface area contributed by atoms with Gasteiger partial charge in [0.25, 0.3) is 0 Å². The standard InChI is InChI=1S/C15H25NSi/c1-10-8-7-9-17(6,16-10)15-13(4)11(2)12(3)14(15)5/h7-8,10,15-16H,9H2,1-6H3. The Morgan fingerprint density at radius 2 is 1.65 bits per heavy atom. The Kier molecular flexibility index (Phi) is 3.21. The van der Waals surface area contributed by atoms with Crippen LogP contribution in [-0.2, 0) is 0 Å². The Bertz CT molecular complexity index is 406. The van der Waals surface area contributed by atoms with E-state index in [1.54, 1.807) is 11.1 Å². The van der Waals surface area contributed by atoms with E-state index in [4.69, 9.17) is 0 Å². The molecule has 17 heavy (non-hydrogen) atoms. The Balaban J connectivity index is 2.39. The van der Waals surface area contributed by atoms with Crippen molar-refractivity contribution in [1.29, 1.82) is 0 Å². The molecule has 1 nitrogen and oxygen atoms in total. The van der Waals surface area contributed by atoms with Crippen LogP contribution >= 0.6 is 0 Å². The smallest absolute Gasteiger partial charge is 0.138 e. The molecule has 0 radical (unpaired) electrons. The lowest BCUT2D eigenvalue weighted by atomic mass is 10.1. The summed E-state index contributed by atoms with van der Waals surface area (Å²) in [5.74, 6) is 0. The Hall–Kier alpha value is -0.603. The van der Waals surface area contributed by atoms with E-state index in [2.05, 4.69) is 58.3 Å². The molecule has 0 bridgehead atoms. The lowest BCUT2D eigenvalue weighted by molar-refractivity contribution is 0.763. The molecule has 2 atom stereocenters. The van der Waals surface area contributed by atoms with Gasteiger partial charge in [0, 0.05) is 11.6 Å². The fraction of sp³-hybridized carbons (Fsp3) is 0.600. The monoisotopic (exact) mass is 247 g/mol. The van der Waals surface area contributed by atoms with Gasteiger partial charge in [-0.15, -0.1) is 0 Å². The molecule has 1 heterocycles. The number of allylic oxidation sites excluding steroid dienone is 5. The average molecular weight is 247 g/mol. The molecule has 2 rings (SSSR count). The molecule has 2 unspecified atom stereocenters. The quantitative estimate of drug-likeness (QED) is 0.542. The van der Waals surface area contributed by atoms with Crippen molar-refractivity contribution >= 4 is 8.24 Å². The highest BCUT2D eigenvalue weighted by Gasteiger charge is 2.43. The number of nitrogens with one attached hydrogen (secondary N) is 1.